The molecule has 0 N–H and O–H groups in total. The van der Waals surface area contributed by atoms with E-state index in [1.807, 2.05) is 59.3 Å². The highest BCUT2D eigenvalue weighted by atomic mass is 16.5. The van der Waals surface area contributed by atoms with Crippen LogP contribution in [-0.2, 0) is 11.3 Å². The van der Waals surface area contributed by atoms with Crippen LogP contribution in [0.3, 0.4) is 0 Å². The van der Waals surface area contributed by atoms with Crippen molar-refractivity contribution in [2.24, 2.45) is 0 Å². The molecule has 0 saturated carbocycles. The van der Waals surface area contributed by atoms with Gasteiger partial charge in [0.2, 0.25) is 0 Å². The maximum atomic E-state index is 12.2. The van der Waals surface area contributed by atoms with Gasteiger partial charge in [-0.25, -0.2) is 14.6 Å². The van der Waals surface area contributed by atoms with E-state index in [2.05, 4.69) is 21.8 Å². The van der Waals surface area contributed by atoms with E-state index in [-0.39, 0.29) is 11.9 Å². The SMILES string of the molecule is CC#CC(=O)N1CC[C@@H]1Cn1nc(-c2ccc(Oc3ccccc3)cc2)c2cncnc21. The normalized spacial score (nSPS) is 15.0. The lowest BCUT2D eigenvalue weighted by atomic mass is 10.0. The molecule has 1 amide bonds. The number of amides is 1. The smallest absolute Gasteiger partial charge is 0.298 e. The second kappa shape index (κ2) is 8.52. The van der Waals surface area contributed by atoms with E-state index >= 15 is 0 Å². The minimum atomic E-state index is -0.135. The highest BCUT2D eigenvalue weighted by molar-refractivity contribution is 5.94. The van der Waals surface area contributed by atoms with Gasteiger partial charge in [-0.15, -0.1) is 0 Å². The molecule has 1 atom stereocenters. The predicted octanol–water partition coefficient (Wildman–Crippen LogP) is 3.91. The number of aromatic nitrogens is 4. The van der Waals surface area contributed by atoms with Gasteiger partial charge in [0.15, 0.2) is 5.65 Å². The van der Waals surface area contributed by atoms with Crippen molar-refractivity contribution in [1.82, 2.24) is 24.6 Å². The van der Waals surface area contributed by atoms with Crippen molar-refractivity contribution >= 4 is 16.9 Å². The Kier molecular flexibility index (Phi) is 5.26. The second-order valence-electron chi connectivity index (χ2n) is 7.55. The molecular formula is C25H21N5O2. The van der Waals surface area contributed by atoms with E-state index in [9.17, 15) is 4.79 Å². The van der Waals surface area contributed by atoms with E-state index in [4.69, 9.17) is 9.84 Å². The lowest BCUT2D eigenvalue weighted by molar-refractivity contribution is -0.132. The number of para-hydroxylation sites is 1. The van der Waals surface area contributed by atoms with E-state index in [0.29, 0.717) is 6.54 Å². The quantitative estimate of drug-likeness (QED) is 0.455. The summed E-state index contributed by atoms with van der Waals surface area (Å²) in [6, 6.07) is 17.5. The van der Waals surface area contributed by atoms with Gasteiger partial charge in [0.25, 0.3) is 5.91 Å². The first-order valence-electron chi connectivity index (χ1n) is 10.5. The summed E-state index contributed by atoms with van der Waals surface area (Å²) >= 11 is 0. The Labute approximate surface area is 185 Å². The molecule has 32 heavy (non-hydrogen) atoms. The number of rotatable bonds is 5. The summed E-state index contributed by atoms with van der Waals surface area (Å²) in [6.45, 7) is 2.97. The van der Waals surface area contributed by atoms with Crippen LogP contribution < -0.4 is 4.74 Å². The van der Waals surface area contributed by atoms with Gasteiger partial charge in [-0.3, -0.25) is 4.79 Å². The zero-order valence-electron chi connectivity index (χ0n) is 17.6. The number of ether oxygens (including phenoxy) is 1. The number of hydrogen-bond acceptors (Lipinski definition) is 5. The molecule has 1 aliphatic heterocycles. The molecule has 0 bridgehead atoms. The molecular weight excluding hydrogens is 402 g/mol. The number of likely N-dealkylation sites (tertiary alicyclic amines) is 1. The van der Waals surface area contributed by atoms with Gasteiger partial charge in [-0.05, 0) is 55.7 Å². The number of hydrogen-bond donors (Lipinski definition) is 0. The van der Waals surface area contributed by atoms with Crippen LogP contribution in [0, 0.1) is 11.8 Å². The van der Waals surface area contributed by atoms with Crippen molar-refractivity contribution in [3.8, 4) is 34.6 Å². The molecule has 158 valence electrons. The van der Waals surface area contributed by atoms with Crippen molar-refractivity contribution < 1.29 is 9.53 Å². The van der Waals surface area contributed by atoms with Gasteiger partial charge >= 0.3 is 0 Å². The Hall–Kier alpha value is -4.18. The minimum absolute atomic E-state index is 0.0657. The van der Waals surface area contributed by atoms with Crippen LogP contribution in [-0.4, -0.2) is 43.1 Å². The molecule has 5 rings (SSSR count). The highest BCUT2D eigenvalue weighted by Gasteiger charge is 2.32. The van der Waals surface area contributed by atoms with Crippen molar-refractivity contribution in [3.05, 3.63) is 67.1 Å². The molecule has 0 unspecified atom stereocenters. The van der Waals surface area contributed by atoms with E-state index < -0.39 is 0 Å². The molecule has 2 aromatic carbocycles. The summed E-state index contributed by atoms with van der Waals surface area (Å²) in [4.78, 5) is 22.6. The summed E-state index contributed by atoms with van der Waals surface area (Å²) in [5.41, 5.74) is 2.50. The topological polar surface area (TPSA) is 73.1 Å². The third-order valence-electron chi connectivity index (χ3n) is 5.54. The van der Waals surface area contributed by atoms with Crippen LogP contribution >= 0.6 is 0 Å². The van der Waals surface area contributed by atoms with Crippen LogP contribution in [0.15, 0.2) is 67.1 Å². The van der Waals surface area contributed by atoms with Crippen LogP contribution in [0.4, 0.5) is 0 Å². The Bertz CT molecular complexity index is 1320. The number of carbonyl (C=O) groups is 1. The number of nitrogens with zero attached hydrogens (tertiary/aromatic N) is 5. The number of fused-ring (bicyclic) bond motifs is 1. The van der Waals surface area contributed by atoms with Crippen LogP contribution in [0.25, 0.3) is 22.3 Å². The van der Waals surface area contributed by atoms with Gasteiger partial charge in [0, 0.05) is 18.3 Å². The van der Waals surface area contributed by atoms with E-state index in [0.717, 1.165) is 46.8 Å². The van der Waals surface area contributed by atoms with Gasteiger partial charge in [-0.1, -0.05) is 24.1 Å². The largest absolute Gasteiger partial charge is 0.457 e. The van der Waals surface area contributed by atoms with Gasteiger partial charge < -0.3 is 9.64 Å². The van der Waals surface area contributed by atoms with Gasteiger partial charge in [-0.2, -0.15) is 5.10 Å². The maximum Gasteiger partial charge on any atom is 0.298 e. The van der Waals surface area contributed by atoms with Gasteiger partial charge in [0.05, 0.1) is 18.0 Å². The molecule has 3 heterocycles. The van der Waals surface area contributed by atoms with Crippen molar-refractivity contribution in [2.75, 3.05) is 6.54 Å². The molecule has 7 heteroatoms. The first-order chi connectivity index (χ1) is 15.7. The molecule has 1 saturated heterocycles. The highest BCUT2D eigenvalue weighted by Crippen LogP contribution is 2.30. The van der Waals surface area contributed by atoms with E-state index in [1.54, 1.807) is 18.0 Å². The zero-order chi connectivity index (χ0) is 21.9. The Morgan fingerprint density at radius 3 is 2.62 bits per heavy atom. The number of benzene rings is 2. The summed E-state index contributed by atoms with van der Waals surface area (Å²) in [6.07, 6.45) is 4.22. The Morgan fingerprint density at radius 2 is 1.91 bits per heavy atom. The van der Waals surface area contributed by atoms with Crippen LogP contribution in [0.1, 0.15) is 13.3 Å². The predicted molar refractivity (Wildman–Crippen MR) is 121 cm³/mol. The standard InChI is InChI=1S/C25H21N5O2/c1-2-6-23(31)29-14-13-19(29)16-30-25-22(15-26-17-27-25)24(28-30)18-9-11-21(12-10-18)32-20-7-4-3-5-8-20/h3-5,7-12,15,17,19H,13-14,16H2,1H3/t19-/m1/s1. The molecule has 7 nitrogen and oxygen atoms in total. The summed E-state index contributed by atoms with van der Waals surface area (Å²) in [5.74, 6) is 6.71. The van der Waals surface area contributed by atoms with Crippen molar-refractivity contribution in [2.45, 2.75) is 25.9 Å². The fraction of sp³-hybridized carbons (Fsp3) is 0.200. The minimum Gasteiger partial charge on any atom is -0.457 e. The summed E-state index contributed by atoms with van der Waals surface area (Å²) in [7, 11) is 0. The van der Waals surface area contributed by atoms with E-state index in [1.165, 1.54) is 6.33 Å². The molecule has 1 fully saturated rings. The molecule has 0 aliphatic carbocycles. The fourth-order valence-electron chi connectivity index (χ4n) is 3.84. The number of carbonyl (C=O) groups excluding carboxylic acids is 1. The average molecular weight is 423 g/mol. The Morgan fingerprint density at radius 1 is 1.12 bits per heavy atom. The first kappa shape index (κ1) is 19.8. The monoisotopic (exact) mass is 423 g/mol. The third kappa shape index (κ3) is 3.79. The Balaban J connectivity index is 1.41. The van der Waals surface area contributed by atoms with Crippen molar-refractivity contribution in [3.63, 3.8) is 0 Å². The summed E-state index contributed by atoms with van der Waals surface area (Å²) in [5, 5.41) is 5.70. The fourth-order valence-corrected chi connectivity index (χ4v) is 3.84. The molecule has 0 radical (unpaired) electrons. The second-order valence-corrected chi connectivity index (χ2v) is 7.55. The first-order valence-corrected chi connectivity index (χ1v) is 10.5. The lowest BCUT2D eigenvalue weighted by Gasteiger charge is -2.39. The van der Waals surface area contributed by atoms with Crippen LogP contribution in [0.2, 0.25) is 0 Å². The lowest BCUT2D eigenvalue weighted by Crippen LogP contribution is -2.52. The van der Waals surface area contributed by atoms with Crippen LogP contribution in [0.5, 0.6) is 11.5 Å². The average Bonchev–Trinajstić information content (AvgIpc) is 3.17. The zero-order valence-corrected chi connectivity index (χ0v) is 17.6. The van der Waals surface area contributed by atoms with Gasteiger partial charge in [0.1, 0.15) is 23.5 Å². The molecule has 0 spiro atoms. The third-order valence-corrected chi connectivity index (χ3v) is 5.54. The van der Waals surface area contributed by atoms with Crippen molar-refractivity contribution in [1.29, 1.82) is 0 Å². The molecule has 1 aliphatic rings. The summed E-state index contributed by atoms with van der Waals surface area (Å²) < 4.78 is 7.76. The molecule has 4 aromatic rings. The molecule has 2 aromatic heterocycles. The maximum absolute atomic E-state index is 12.2.